The molecule has 6 nitrogen and oxygen atoms in total. The van der Waals surface area contributed by atoms with Crippen molar-refractivity contribution < 1.29 is 4.79 Å². The lowest BCUT2D eigenvalue weighted by atomic mass is 10.2. The number of hydrogen-bond acceptors (Lipinski definition) is 5. The average molecular weight is 502 g/mol. The summed E-state index contributed by atoms with van der Waals surface area (Å²) in [5.74, 6) is -0.0221. The zero-order valence-corrected chi connectivity index (χ0v) is 19.9. The first-order valence-corrected chi connectivity index (χ1v) is 11.7. The normalized spacial score (nSPS) is 10.8. The van der Waals surface area contributed by atoms with Crippen LogP contribution in [0.15, 0.2) is 65.6 Å². The Morgan fingerprint density at radius 2 is 1.69 bits per heavy atom. The molecule has 32 heavy (non-hydrogen) atoms. The Kier molecular flexibility index (Phi) is 6.95. The molecule has 0 bridgehead atoms. The van der Waals surface area contributed by atoms with Crippen LogP contribution in [0.25, 0.3) is 16.7 Å². The number of nitrogens with zero attached hydrogens (tertiary/aromatic N) is 3. The molecule has 0 saturated carbocycles. The number of anilines is 1. The second kappa shape index (κ2) is 9.87. The summed E-state index contributed by atoms with van der Waals surface area (Å²) in [4.78, 5) is 14.7. The van der Waals surface area contributed by atoms with E-state index in [1.165, 1.54) is 11.8 Å². The molecule has 4 aromatic rings. The zero-order chi connectivity index (χ0) is 22.7. The minimum atomic E-state index is -0.232. The fourth-order valence-electron chi connectivity index (χ4n) is 2.82. The van der Waals surface area contributed by atoms with Gasteiger partial charge in [-0.15, -0.1) is 22.0 Å². The highest BCUT2D eigenvalue weighted by atomic mass is 35.5. The van der Waals surface area contributed by atoms with Crippen molar-refractivity contribution in [3.05, 3.63) is 76.3 Å². The molecular formula is C22H17Cl2N5OS2. The maximum atomic E-state index is 12.2. The van der Waals surface area contributed by atoms with Crippen molar-refractivity contribution in [1.29, 1.82) is 0 Å². The maximum Gasteiger partial charge on any atom is 0.236 e. The number of amides is 1. The molecule has 0 fully saturated rings. The lowest BCUT2D eigenvalue weighted by Crippen LogP contribution is -2.35. The lowest BCUT2D eigenvalue weighted by Gasteiger charge is -2.10. The van der Waals surface area contributed by atoms with Crippen molar-refractivity contribution in [1.82, 2.24) is 20.3 Å². The van der Waals surface area contributed by atoms with Crippen LogP contribution in [0.2, 0.25) is 10.0 Å². The molecule has 1 heterocycles. The van der Waals surface area contributed by atoms with Gasteiger partial charge in [0, 0.05) is 9.92 Å². The van der Waals surface area contributed by atoms with Crippen molar-refractivity contribution in [2.75, 3.05) is 11.1 Å². The van der Waals surface area contributed by atoms with Crippen LogP contribution in [0.5, 0.6) is 0 Å². The van der Waals surface area contributed by atoms with Gasteiger partial charge in [0.1, 0.15) is 11.0 Å². The number of benzene rings is 3. The maximum absolute atomic E-state index is 12.2. The number of fused-ring (bicyclic) bond motifs is 1. The first-order valence-electron chi connectivity index (χ1n) is 9.50. The molecule has 0 unspecified atom stereocenters. The SMILES string of the molecule is Cc1ccc(-n2nc3cc(Cl)c(NC(=S)NC(=O)CSc4ccc(Cl)cc4)cc3n2)cc1. The van der Waals surface area contributed by atoms with Crippen LogP contribution in [-0.4, -0.2) is 31.8 Å². The fourth-order valence-corrected chi connectivity index (χ4v) is 4.08. The summed E-state index contributed by atoms with van der Waals surface area (Å²) in [6.45, 7) is 2.02. The van der Waals surface area contributed by atoms with E-state index in [0.29, 0.717) is 26.8 Å². The molecule has 3 aromatic carbocycles. The Balaban J connectivity index is 1.40. The second-order valence-corrected chi connectivity index (χ2v) is 9.19. The Hall–Kier alpha value is -2.65. The minimum Gasteiger partial charge on any atom is -0.331 e. The van der Waals surface area contributed by atoms with Gasteiger partial charge in [0.15, 0.2) is 5.11 Å². The Morgan fingerprint density at radius 3 is 2.38 bits per heavy atom. The third-order valence-electron chi connectivity index (χ3n) is 4.42. The molecule has 0 radical (unpaired) electrons. The van der Waals surface area contributed by atoms with Crippen LogP contribution in [0.3, 0.4) is 0 Å². The Morgan fingerprint density at radius 1 is 1.03 bits per heavy atom. The molecule has 0 atom stereocenters. The number of carbonyl (C=O) groups is 1. The third kappa shape index (κ3) is 5.58. The topological polar surface area (TPSA) is 71.8 Å². The lowest BCUT2D eigenvalue weighted by molar-refractivity contribution is -0.117. The number of thiocarbonyl (C=S) groups is 1. The van der Waals surface area contributed by atoms with Gasteiger partial charge < -0.3 is 10.6 Å². The van der Waals surface area contributed by atoms with Crippen LogP contribution >= 0.6 is 47.2 Å². The Labute approximate surface area is 204 Å². The number of carbonyl (C=O) groups excluding carboxylic acids is 1. The van der Waals surface area contributed by atoms with E-state index < -0.39 is 0 Å². The molecule has 2 N–H and O–H groups in total. The van der Waals surface area contributed by atoms with Crippen LogP contribution in [0.1, 0.15) is 5.56 Å². The molecule has 162 valence electrons. The molecular weight excluding hydrogens is 485 g/mol. The number of aryl methyl sites for hydroxylation is 1. The molecule has 10 heteroatoms. The molecule has 0 aliphatic carbocycles. The molecule has 1 aromatic heterocycles. The summed E-state index contributed by atoms with van der Waals surface area (Å²) in [5.41, 5.74) is 3.83. The van der Waals surface area contributed by atoms with E-state index in [-0.39, 0.29) is 16.8 Å². The smallest absolute Gasteiger partial charge is 0.236 e. The number of halogens is 2. The molecule has 0 aliphatic heterocycles. The van der Waals surface area contributed by atoms with Gasteiger partial charge >= 0.3 is 0 Å². The van der Waals surface area contributed by atoms with E-state index in [4.69, 9.17) is 35.4 Å². The number of aromatic nitrogens is 3. The van der Waals surface area contributed by atoms with E-state index in [1.807, 2.05) is 43.3 Å². The quantitative estimate of drug-likeness (QED) is 0.272. The fraction of sp³-hybridized carbons (Fsp3) is 0.0909. The van der Waals surface area contributed by atoms with Gasteiger partial charge in [0.2, 0.25) is 5.91 Å². The van der Waals surface area contributed by atoms with Gasteiger partial charge in [-0.1, -0.05) is 40.9 Å². The monoisotopic (exact) mass is 501 g/mol. The minimum absolute atomic E-state index is 0.152. The van der Waals surface area contributed by atoms with Crippen LogP contribution in [0.4, 0.5) is 5.69 Å². The summed E-state index contributed by atoms with van der Waals surface area (Å²) in [7, 11) is 0. The number of nitrogens with one attached hydrogen (secondary N) is 2. The molecule has 0 aliphatic rings. The van der Waals surface area contributed by atoms with Gasteiger partial charge in [-0.2, -0.15) is 4.80 Å². The van der Waals surface area contributed by atoms with Gasteiger partial charge in [-0.25, -0.2) is 0 Å². The number of hydrogen-bond donors (Lipinski definition) is 2. The number of rotatable bonds is 5. The molecule has 0 spiro atoms. The van der Waals surface area contributed by atoms with Gasteiger partial charge in [0.05, 0.1) is 22.2 Å². The van der Waals surface area contributed by atoms with Crippen molar-refractivity contribution in [2.24, 2.45) is 0 Å². The molecule has 4 rings (SSSR count). The summed E-state index contributed by atoms with van der Waals surface area (Å²) in [6, 6.07) is 18.6. The van der Waals surface area contributed by atoms with E-state index in [1.54, 1.807) is 29.1 Å². The summed E-state index contributed by atoms with van der Waals surface area (Å²) in [5, 5.41) is 15.8. The standard InChI is InChI=1S/C22H17Cl2N5OS2/c1-13-2-6-15(7-3-13)29-27-19-10-17(24)18(11-20(19)28-29)25-22(31)26-21(30)12-32-16-8-4-14(23)5-9-16/h2-11H,12H2,1H3,(H2,25,26,30,31). The highest BCUT2D eigenvalue weighted by Gasteiger charge is 2.12. The van der Waals surface area contributed by atoms with Crippen molar-refractivity contribution >= 4 is 74.9 Å². The number of thioether (sulfide) groups is 1. The summed E-state index contributed by atoms with van der Waals surface area (Å²) in [6.07, 6.45) is 0. The molecule has 1 amide bonds. The second-order valence-electron chi connectivity index (χ2n) is 6.89. The van der Waals surface area contributed by atoms with Crippen LogP contribution in [0, 0.1) is 6.92 Å². The zero-order valence-electron chi connectivity index (χ0n) is 16.8. The van der Waals surface area contributed by atoms with Gasteiger partial charge in [0.25, 0.3) is 0 Å². The highest BCUT2D eigenvalue weighted by Crippen LogP contribution is 2.27. The van der Waals surface area contributed by atoms with Crippen LogP contribution in [-0.2, 0) is 4.79 Å². The Bertz CT molecular complexity index is 1290. The van der Waals surface area contributed by atoms with Gasteiger partial charge in [-0.3, -0.25) is 4.79 Å². The van der Waals surface area contributed by atoms with Crippen LogP contribution < -0.4 is 10.6 Å². The van der Waals surface area contributed by atoms with E-state index >= 15 is 0 Å². The predicted octanol–water partition coefficient (Wildman–Crippen LogP) is 5.64. The predicted molar refractivity (Wildman–Crippen MR) is 135 cm³/mol. The van der Waals surface area contributed by atoms with Gasteiger partial charge in [-0.05, 0) is 67.7 Å². The first-order chi connectivity index (χ1) is 15.4. The first kappa shape index (κ1) is 22.5. The van der Waals surface area contributed by atoms with E-state index in [2.05, 4.69) is 20.8 Å². The van der Waals surface area contributed by atoms with Crippen molar-refractivity contribution in [2.45, 2.75) is 11.8 Å². The largest absolute Gasteiger partial charge is 0.331 e. The highest BCUT2D eigenvalue weighted by molar-refractivity contribution is 8.00. The summed E-state index contributed by atoms with van der Waals surface area (Å²) >= 11 is 18.9. The third-order valence-corrected chi connectivity index (χ3v) is 6.20. The van der Waals surface area contributed by atoms with Crippen molar-refractivity contribution in [3.63, 3.8) is 0 Å². The summed E-state index contributed by atoms with van der Waals surface area (Å²) < 4.78 is 0. The van der Waals surface area contributed by atoms with E-state index in [9.17, 15) is 4.79 Å². The molecule has 0 saturated heterocycles. The van der Waals surface area contributed by atoms with Crippen molar-refractivity contribution in [3.8, 4) is 5.69 Å². The van der Waals surface area contributed by atoms with E-state index in [0.717, 1.165) is 16.1 Å². The average Bonchev–Trinajstić information content (AvgIpc) is 3.16.